The number of carbonyl (C=O) groups is 1. The minimum atomic E-state index is -0.640. The van der Waals surface area contributed by atoms with Gasteiger partial charge in [-0.15, -0.1) is 20.4 Å². The molecule has 4 heterocycles. The SMILES string of the molecule is CCCCCCCCCCC(Oc1ccc(Cc2ccc(O)cc2)cc1)C(=O)Nc1c(C)cc(C)c(-c2nnc3cc(C(C)(C)C)[nH]n23)c1C.CCCCCCCCOc1ccc(C)cc1Cc1cccc(Cc2c(C)cc(C)c(-c3nnc4cc(C(C)(C)C)[nH]n34)c2C)c1. The largest absolute Gasteiger partial charge is 0.508 e. The van der Waals surface area contributed by atoms with Crippen molar-refractivity contribution in [1.29, 1.82) is 0 Å². The molecule has 1 amide bonds. The van der Waals surface area contributed by atoms with Crippen molar-refractivity contribution in [2.75, 3.05) is 11.9 Å². The van der Waals surface area contributed by atoms with E-state index in [1.165, 1.54) is 115 Å². The fourth-order valence-corrected chi connectivity index (χ4v) is 13.2. The number of nitrogens with zero attached hydrogens (tertiary/aromatic N) is 6. The van der Waals surface area contributed by atoms with Gasteiger partial charge in [-0.3, -0.25) is 15.0 Å². The van der Waals surface area contributed by atoms with Gasteiger partial charge in [0, 0.05) is 57.6 Å². The Morgan fingerprint density at radius 3 is 1.61 bits per heavy atom. The van der Waals surface area contributed by atoms with Crippen molar-refractivity contribution >= 4 is 22.9 Å². The highest BCUT2D eigenvalue weighted by atomic mass is 16.5. The third-order valence-electron chi connectivity index (χ3n) is 18.7. The van der Waals surface area contributed by atoms with Gasteiger partial charge in [-0.1, -0.05) is 211 Å². The molecule has 10 aromatic rings. The van der Waals surface area contributed by atoms with Crippen molar-refractivity contribution in [3.05, 3.63) is 199 Å². The zero-order valence-electron chi connectivity index (χ0n) is 59.8. The Balaban J connectivity index is 0.000000225. The molecule has 0 aliphatic carbocycles. The number of hydrogen-bond acceptors (Lipinski definition) is 8. The third-order valence-corrected chi connectivity index (χ3v) is 18.7. The molecule has 4 aromatic heterocycles. The van der Waals surface area contributed by atoms with Crippen LogP contribution in [-0.2, 0) is 34.9 Å². The Bertz CT molecular complexity index is 4150. The number of unbranched alkanes of at least 4 members (excludes halogenated alkanes) is 12. The number of carbonyl (C=O) groups excluding carboxylic acids is 1. The maximum absolute atomic E-state index is 14.1. The monoisotopic (exact) mass is 1280 g/mol. The molecule has 0 bridgehead atoms. The molecular weight excluding hydrogens is 1170 g/mol. The number of fused-ring (bicyclic) bond motifs is 2. The van der Waals surface area contributed by atoms with Gasteiger partial charge in [0.25, 0.3) is 5.91 Å². The van der Waals surface area contributed by atoms with Crippen LogP contribution in [0.1, 0.15) is 235 Å². The maximum atomic E-state index is 14.1. The smallest absolute Gasteiger partial charge is 0.265 e. The molecule has 0 aliphatic heterocycles. The summed E-state index contributed by atoms with van der Waals surface area (Å²) in [4.78, 5) is 14.1. The standard InChI is InChI=1S/C42H55N5O3.C40H52N4O/c1-8-9-10-11-12-13-14-15-16-35(50-34-23-19-32(20-24-34)26-31-17-21-33(48)22-18-31)41(49)43-39-29(3)25-28(2)38(30(39)4)40-45-44-37-27-36(42(5,6)7)46-47(37)40;1-9-10-11-12-13-14-20-45-35-19-18-27(2)21-33(35)24-31-16-15-17-32(23-31)25-34-28(3)22-29(4)38(30(34)5)39-42-41-37-26-36(40(6,7)8)43-44(37)39/h17-25,27,35,46,48H,8-16,26H2,1-7H3,(H,43,49);15-19,21-23,26,43H,9-14,20,24-25H2,1-8H3. The number of H-pyrrole nitrogens is 2. The van der Waals surface area contributed by atoms with Gasteiger partial charge in [-0.2, -0.15) is 0 Å². The Labute approximate surface area is 566 Å². The molecular formula is C82H107N9O4. The van der Waals surface area contributed by atoms with E-state index >= 15 is 0 Å². The van der Waals surface area contributed by atoms with E-state index in [1.54, 1.807) is 12.1 Å². The lowest BCUT2D eigenvalue weighted by Crippen LogP contribution is -2.33. The summed E-state index contributed by atoms with van der Waals surface area (Å²) in [7, 11) is 0. The van der Waals surface area contributed by atoms with Crippen molar-refractivity contribution in [3.63, 3.8) is 0 Å². The Morgan fingerprint density at radius 1 is 0.526 bits per heavy atom. The first-order valence-corrected chi connectivity index (χ1v) is 35.2. The molecule has 0 saturated heterocycles. The zero-order valence-corrected chi connectivity index (χ0v) is 59.8. The summed E-state index contributed by atoms with van der Waals surface area (Å²) in [6, 6.07) is 39.5. The number of rotatable bonds is 29. The van der Waals surface area contributed by atoms with Gasteiger partial charge in [0.05, 0.1) is 6.61 Å². The molecule has 504 valence electrons. The van der Waals surface area contributed by atoms with Gasteiger partial charge in [0.15, 0.2) is 29.0 Å². The first-order chi connectivity index (χ1) is 45.5. The number of aromatic amines is 2. The quantitative estimate of drug-likeness (QED) is 0.0337. The van der Waals surface area contributed by atoms with Crippen LogP contribution in [0.2, 0.25) is 0 Å². The van der Waals surface area contributed by atoms with Crippen LogP contribution in [-0.4, -0.2) is 63.3 Å². The number of phenolic OH excluding ortho intramolecular Hbond substituents is 1. The predicted molar refractivity (Wildman–Crippen MR) is 391 cm³/mol. The normalized spacial score (nSPS) is 12.2. The van der Waals surface area contributed by atoms with Gasteiger partial charge in [-0.25, -0.2) is 9.03 Å². The van der Waals surface area contributed by atoms with Crippen LogP contribution in [0.4, 0.5) is 5.69 Å². The van der Waals surface area contributed by atoms with Crippen LogP contribution < -0.4 is 14.8 Å². The Hall–Kier alpha value is -8.45. The lowest BCUT2D eigenvalue weighted by molar-refractivity contribution is -0.123. The Kier molecular flexibility index (Phi) is 24.1. The summed E-state index contributed by atoms with van der Waals surface area (Å²) >= 11 is 0. The molecule has 0 aliphatic rings. The highest BCUT2D eigenvalue weighted by Gasteiger charge is 2.27. The number of phenols is 1. The number of benzene rings is 6. The number of aromatic hydroxyl groups is 1. The van der Waals surface area contributed by atoms with Crippen molar-refractivity contribution in [2.24, 2.45) is 0 Å². The molecule has 1 atom stereocenters. The maximum Gasteiger partial charge on any atom is 0.265 e. The summed E-state index contributed by atoms with van der Waals surface area (Å²) in [5.74, 6) is 3.40. The second kappa shape index (κ2) is 32.3. The summed E-state index contributed by atoms with van der Waals surface area (Å²) in [6.07, 6.45) is 19.6. The summed E-state index contributed by atoms with van der Waals surface area (Å²) in [6.45, 7) is 33.4. The first-order valence-electron chi connectivity index (χ1n) is 35.2. The molecule has 0 fully saturated rings. The van der Waals surface area contributed by atoms with E-state index < -0.39 is 6.10 Å². The molecule has 4 N–H and O–H groups in total. The summed E-state index contributed by atoms with van der Waals surface area (Å²) < 4.78 is 16.8. The highest BCUT2D eigenvalue weighted by molar-refractivity contribution is 5.97. The molecule has 13 heteroatoms. The van der Waals surface area contributed by atoms with Crippen LogP contribution in [0.25, 0.3) is 34.1 Å². The summed E-state index contributed by atoms with van der Waals surface area (Å²) in [5, 5.41) is 38.2. The number of nitrogens with one attached hydrogen (secondary N) is 3. The number of amides is 1. The van der Waals surface area contributed by atoms with Crippen molar-refractivity contribution in [2.45, 2.75) is 236 Å². The van der Waals surface area contributed by atoms with E-state index in [2.05, 4.69) is 187 Å². The average Bonchev–Trinajstić information content (AvgIpc) is 1.68. The van der Waals surface area contributed by atoms with Crippen LogP contribution >= 0.6 is 0 Å². The lowest BCUT2D eigenvalue weighted by Gasteiger charge is -2.22. The van der Waals surface area contributed by atoms with E-state index in [4.69, 9.17) is 9.47 Å². The lowest BCUT2D eigenvalue weighted by atomic mass is 9.89. The van der Waals surface area contributed by atoms with Crippen molar-refractivity contribution < 1.29 is 19.4 Å². The van der Waals surface area contributed by atoms with Crippen LogP contribution in [0.5, 0.6) is 17.2 Å². The van der Waals surface area contributed by atoms with Gasteiger partial charge >= 0.3 is 0 Å². The molecule has 6 aromatic carbocycles. The fourth-order valence-electron chi connectivity index (χ4n) is 13.2. The minimum Gasteiger partial charge on any atom is -0.508 e. The molecule has 0 saturated carbocycles. The van der Waals surface area contributed by atoms with E-state index in [0.717, 1.165) is 130 Å². The molecule has 0 spiro atoms. The number of ether oxygens (including phenoxy) is 2. The van der Waals surface area contributed by atoms with E-state index in [9.17, 15) is 9.90 Å². The first kappa shape index (κ1) is 70.9. The molecule has 10 rings (SSSR count). The van der Waals surface area contributed by atoms with E-state index in [-0.39, 0.29) is 22.5 Å². The molecule has 95 heavy (non-hydrogen) atoms. The average molecular weight is 1280 g/mol. The number of anilines is 1. The van der Waals surface area contributed by atoms with Gasteiger partial charge in [0.2, 0.25) is 0 Å². The fraction of sp³-hybridized carbons (Fsp3) is 0.451. The van der Waals surface area contributed by atoms with E-state index in [0.29, 0.717) is 12.2 Å². The summed E-state index contributed by atoms with van der Waals surface area (Å²) in [5.41, 5.74) is 22.2. The van der Waals surface area contributed by atoms with Crippen molar-refractivity contribution in [3.8, 4) is 40.0 Å². The number of hydrogen-bond donors (Lipinski definition) is 4. The number of aromatic nitrogens is 8. The van der Waals surface area contributed by atoms with Crippen LogP contribution in [0.3, 0.4) is 0 Å². The molecule has 1 unspecified atom stereocenters. The minimum absolute atomic E-state index is 0.00470. The Morgan fingerprint density at radius 2 is 1.04 bits per heavy atom. The molecule has 0 radical (unpaired) electrons. The highest BCUT2D eigenvalue weighted by Crippen LogP contribution is 2.37. The number of aryl methyl sites for hydroxylation is 5. The second-order valence-electron chi connectivity index (χ2n) is 28.9. The second-order valence-corrected chi connectivity index (χ2v) is 28.9. The predicted octanol–water partition coefficient (Wildman–Crippen LogP) is 20.3. The van der Waals surface area contributed by atoms with E-state index in [1.807, 2.05) is 65.3 Å². The van der Waals surface area contributed by atoms with Crippen LogP contribution in [0.15, 0.2) is 115 Å². The topological polar surface area (TPSA) is 160 Å². The third kappa shape index (κ3) is 18.5. The van der Waals surface area contributed by atoms with Crippen molar-refractivity contribution in [1.82, 2.24) is 39.6 Å². The van der Waals surface area contributed by atoms with Gasteiger partial charge < -0.3 is 19.9 Å². The van der Waals surface area contributed by atoms with Gasteiger partial charge in [-0.05, 0) is 178 Å². The van der Waals surface area contributed by atoms with Crippen LogP contribution in [0, 0.1) is 48.5 Å². The zero-order chi connectivity index (χ0) is 68.0. The van der Waals surface area contributed by atoms with Gasteiger partial charge in [0.1, 0.15) is 17.2 Å². The molecule has 13 nitrogen and oxygen atoms in total.